The van der Waals surface area contributed by atoms with Crippen molar-refractivity contribution in [1.29, 1.82) is 0 Å². The average molecular weight is 306 g/mol. The normalized spacial score (nSPS) is 11.6. The van der Waals surface area contributed by atoms with Gasteiger partial charge in [-0.2, -0.15) is 0 Å². The number of carbonyl (C=O) groups is 1. The smallest absolute Gasteiger partial charge is 0.337 e. The number of carboxylic acid groups (broad SMARTS) is 1. The monoisotopic (exact) mass is 306 g/mol. The van der Waals surface area contributed by atoms with E-state index in [9.17, 15) is 18.3 Å². The first-order valence-corrected chi connectivity index (χ1v) is 7.48. The summed E-state index contributed by atoms with van der Waals surface area (Å²) in [6, 6.07) is 7.72. The van der Waals surface area contributed by atoms with Crippen molar-refractivity contribution in [3.8, 4) is 11.1 Å². The molecular formula is C14H14N2O4S. The predicted molar refractivity (Wildman–Crippen MR) is 77.5 cm³/mol. The van der Waals surface area contributed by atoms with Gasteiger partial charge in [0.05, 0.1) is 10.5 Å². The van der Waals surface area contributed by atoms with E-state index in [0.717, 1.165) is 4.31 Å². The number of carboxylic acids is 1. The molecule has 0 aliphatic rings. The minimum atomic E-state index is -3.57. The molecule has 0 aliphatic carbocycles. The highest BCUT2D eigenvalue weighted by Gasteiger charge is 2.19. The van der Waals surface area contributed by atoms with Crippen molar-refractivity contribution in [2.75, 3.05) is 14.1 Å². The Morgan fingerprint density at radius 3 is 2.57 bits per heavy atom. The van der Waals surface area contributed by atoms with Crippen LogP contribution in [0.1, 0.15) is 10.4 Å². The maximum atomic E-state index is 12.1. The van der Waals surface area contributed by atoms with Crippen LogP contribution in [0.4, 0.5) is 0 Å². The number of benzene rings is 1. The minimum Gasteiger partial charge on any atom is -0.478 e. The van der Waals surface area contributed by atoms with Gasteiger partial charge >= 0.3 is 5.97 Å². The molecule has 7 heteroatoms. The van der Waals surface area contributed by atoms with Gasteiger partial charge in [0.1, 0.15) is 0 Å². The summed E-state index contributed by atoms with van der Waals surface area (Å²) in [5.41, 5.74) is 0.961. The highest BCUT2D eigenvalue weighted by molar-refractivity contribution is 7.89. The zero-order chi connectivity index (χ0) is 15.6. The number of rotatable bonds is 4. The lowest BCUT2D eigenvalue weighted by molar-refractivity contribution is 0.0697. The quantitative estimate of drug-likeness (QED) is 0.929. The number of aromatic carboxylic acids is 1. The summed E-state index contributed by atoms with van der Waals surface area (Å²) in [6.45, 7) is 0. The van der Waals surface area contributed by atoms with Gasteiger partial charge in [0.25, 0.3) is 0 Å². The van der Waals surface area contributed by atoms with Gasteiger partial charge in [0.2, 0.25) is 10.0 Å². The third kappa shape index (κ3) is 2.93. The van der Waals surface area contributed by atoms with Gasteiger partial charge in [-0.15, -0.1) is 0 Å². The molecule has 1 N–H and O–H groups in total. The zero-order valence-corrected chi connectivity index (χ0v) is 12.3. The summed E-state index contributed by atoms with van der Waals surface area (Å²) in [7, 11) is -0.687. The van der Waals surface area contributed by atoms with Crippen molar-refractivity contribution in [1.82, 2.24) is 9.29 Å². The highest BCUT2D eigenvalue weighted by atomic mass is 32.2. The van der Waals surface area contributed by atoms with Crippen LogP contribution in [0, 0.1) is 0 Å². The Morgan fingerprint density at radius 2 is 1.95 bits per heavy atom. The second-order valence-electron chi connectivity index (χ2n) is 4.54. The highest BCUT2D eigenvalue weighted by Crippen LogP contribution is 2.26. The summed E-state index contributed by atoms with van der Waals surface area (Å²) in [6.07, 6.45) is 2.71. The number of nitrogens with zero attached hydrogens (tertiary/aromatic N) is 2. The molecule has 0 saturated carbocycles. The van der Waals surface area contributed by atoms with E-state index in [0.29, 0.717) is 11.1 Å². The molecule has 6 nitrogen and oxygen atoms in total. The molecule has 1 heterocycles. The second-order valence-corrected chi connectivity index (χ2v) is 6.69. The Bertz CT molecular complexity index is 785. The lowest BCUT2D eigenvalue weighted by Crippen LogP contribution is -2.22. The Morgan fingerprint density at radius 1 is 1.24 bits per heavy atom. The second kappa shape index (κ2) is 5.63. The van der Waals surface area contributed by atoms with Crippen molar-refractivity contribution in [2.45, 2.75) is 4.90 Å². The molecule has 0 unspecified atom stereocenters. The van der Waals surface area contributed by atoms with Gasteiger partial charge in [-0.3, -0.25) is 4.98 Å². The Balaban J connectivity index is 2.61. The molecule has 0 atom stereocenters. The van der Waals surface area contributed by atoms with Gasteiger partial charge < -0.3 is 5.11 Å². The molecule has 0 bridgehead atoms. The van der Waals surface area contributed by atoms with Gasteiger partial charge in [0.15, 0.2) is 0 Å². The van der Waals surface area contributed by atoms with Gasteiger partial charge in [-0.05, 0) is 29.3 Å². The van der Waals surface area contributed by atoms with Crippen LogP contribution >= 0.6 is 0 Å². The first-order chi connectivity index (χ1) is 9.84. The van der Waals surface area contributed by atoms with E-state index in [1.54, 1.807) is 18.2 Å². The van der Waals surface area contributed by atoms with Crippen molar-refractivity contribution < 1.29 is 18.3 Å². The van der Waals surface area contributed by atoms with E-state index in [1.165, 1.54) is 38.6 Å². The number of pyridine rings is 1. The largest absolute Gasteiger partial charge is 0.478 e. The SMILES string of the molecule is CN(C)S(=O)(=O)c1cccc(-c2ccncc2C(=O)O)c1. The number of hydrogen-bond donors (Lipinski definition) is 1. The fourth-order valence-electron chi connectivity index (χ4n) is 1.85. The third-order valence-corrected chi connectivity index (χ3v) is 4.79. The summed E-state index contributed by atoms with van der Waals surface area (Å²) in [5.74, 6) is -1.11. The zero-order valence-electron chi connectivity index (χ0n) is 11.5. The van der Waals surface area contributed by atoms with E-state index in [-0.39, 0.29) is 10.5 Å². The van der Waals surface area contributed by atoms with Crippen LogP contribution < -0.4 is 0 Å². The van der Waals surface area contributed by atoms with Crippen LogP contribution in [0.25, 0.3) is 11.1 Å². The summed E-state index contributed by atoms with van der Waals surface area (Å²) in [4.78, 5) is 15.1. The molecule has 2 rings (SSSR count). The first-order valence-electron chi connectivity index (χ1n) is 6.04. The number of sulfonamides is 1. The topological polar surface area (TPSA) is 87.6 Å². The molecule has 0 saturated heterocycles. The molecule has 1 aromatic heterocycles. The Kier molecular flexibility index (Phi) is 4.06. The van der Waals surface area contributed by atoms with Crippen molar-refractivity contribution >= 4 is 16.0 Å². The minimum absolute atomic E-state index is 0.0249. The Hall–Kier alpha value is -2.25. The summed E-state index contributed by atoms with van der Waals surface area (Å²) >= 11 is 0. The summed E-state index contributed by atoms with van der Waals surface area (Å²) in [5, 5.41) is 9.18. The Labute approximate surface area is 122 Å². The maximum absolute atomic E-state index is 12.1. The lowest BCUT2D eigenvalue weighted by atomic mass is 10.0. The molecule has 0 amide bonds. The van der Waals surface area contributed by atoms with Gasteiger partial charge in [0, 0.05) is 26.5 Å². The standard InChI is InChI=1S/C14H14N2O4S/c1-16(2)21(19,20)11-5-3-4-10(8-11)12-6-7-15-9-13(12)14(17)18/h3-9H,1-2H3,(H,17,18). The average Bonchev–Trinajstić information content (AvgIpc) is 2.47. The summed E-state index contributed by atoms with van der Waals surface area (Å²) < 4.78 is 25.4. The lowest BCUT2D eigenvalue weighted by Gasteiger charge is -2.13. The van der Waals surface area contributed by atoms with Crippen LogP contribution in [0.3, 0.4) is 0 Å². The van der Waals surface area contributed by atoms with Crippen molar-refractivity contribution in [3.05, 3.63) is 48.3 Å². The van der Waals surface area contributed by atoms with E-state index < -0.39 is 16.0 Å². The molecule has 2 aromatic rings. The van der Waals surface area contributed by atoms with E-state index in [1.807, 2.05) is 0 Å². The molecule has 0 aliphatic heterocycles. The van der Waals surface area contributed by atoms with Crippen molar-refractivity contribution in [3.63, 3.8) is 0 Å². The number of hydrogen-bond acceptors (Lipinski definition) is 4. The van der Waals surface area contributed by atoms with Crippen LogP contribution in [0.15, 0.2) is 47.6 Å². The molecule has 21 heavy (non-hydrogen) atoms. The molecular weight excluding hydrogens is 292 g/mol. The molecule has 0 spiro atoms. The van der Waals surface area contributed by atoms with E-state index in [4.69, 9.17) is 0 Å². The molecule has 1 aromatic carbocycles. The molecule has 0 radical (unpaired) electrons. The number of aromatic nitrogens is 1. The van der Waals surface area contributed by atoms with Crippen LogP contribution in [-0.4, -0.2) is 42.9 Å². The van der Waals surface area contributed by atoms with Gasteiger partial charge in [-0.1, -0.05) is 12.1 Å². The van der Waals surface area contributed by atoms with Crippen LogP contribution in [0.2, 0.25) is 0 Å². The molecule has 0 fully saturated rings. The molecule has 110 valence electrons. The van der Waals surface area contributed by atoms with E-state index >= 15 is 0 Å². The maximum Gasteiger partial charge on any atom is 0.337 e. The third-order valence-electron chi connectivity index (χ3n) is 2.98. The predicted octanol–water partition coefficient (Wildman–Crippen LogP) is 1.70. The van der Waals surface area contributed by atoms with Crippen molar-refractivity contribution in [2.24, 2.45) is 0 Å². The van der Waals surface area contributed by atoms with Crippen LogP contribution in [0.5, 0.6) is 0 Å². The first kappa shape index (κ1) is 15.1. The van der Waals surface area contributed by atoms with Gasteiger partial charge in [-0.25, -0.2) is 17.5 Å². The fraction of sp³-hybridized carbons (Fsp3) is 0.143. The fourth-order valence-corrected chi connectivity index (χ4v) is 2.80. The van der Waals surface area contributed by atoms with Crippen LogP contribution in [-0.2, 0) is 10.0 Å². The van der Waals surface area contributed by atoms with E-state index in [2.05, 4.69) is 4.98 Å².